The van der Waals surface area contributed by atoms with Gasteiger partial charge >= 0.3 is 0 Å². The molecule has 1 aromatic rings. The van der Waals surface area contributed by atoms with Gasteiger partial charge in [-0.2, -0.15) is 0 Å². The Bertz CT molecular complexity index is 398. The van der Waals surface area contributed by atoms with Crippen LogP contribution in [0.25, 0.3) is 0 Å². The van der Waals surface area contributed by atoms with Crippen LogP contribution in [0.5, 0.6) is 5.75 Å². The van der Waals surface area contributed by atoms with Crippen molar-refractivity contribution in [2.75, 3.05) is 7.11 Å². The van der Waals surface area contributed by atoms with Gasteiger partial charge in [0.2, 0.25) is 0 Å². The average Bonchev–Trinajstić information content (AvgIpc) is 2.34. The molecule has 92 valence electrons. The Balaban J connectivity index is 2.67. The van der Waals surface area contributed by atoms with E-state index in [0.29, 0.717) is 11.6 Å². The lowest BCUT2D eigenvalue weighted by Crippen LogP contribution is -2.26. The molecule has 2 nitrogen and oxygen atoms in total. The lowest BCUT2D eigenvalue weighted by molar-refractivity contribution is 0.406. The highest BCUT2D eigenvalue weighted by atomic mass is 35.5. The van der Waals surface area contributed by atoms with Crippen LogP contribution in [0.15, 0.2) is 18.2 Å². The standard InChI is InChI=1S/C14H18ClNO/c1-4-6-13(5-2)16-10-11-9-12(15)7-8-14(11)17-3/h2,7-9,13,16H,4,6,10H2,1,3H3. The van der Waals surface area contributed by atoms with Crippen molar-refractivity contribution in [1.82, 2.24) is 5.32 Å². The minimum Gasteiger partial charge on any atom is -0.496 e. The molecule has 0 fully saturated rings. The summed E-state index contributed by atoms with van der Waals surface area (Å²) < 4.78 is 5.28. The van der Waals surface area contributed by atoms with Gasteiger partial charge in [-0.1, -0.05) is 30.9 Å². The van der Waals surface area contributed by atoms with Crippen molar-refractivity contribution in [3.05, 3.63) is 28.8 Å². The molecule has 17 heavy (non-hydrogen) atoms. The molecule has 0 radical (unpaired) electrons. The van der Waals surface area contributed by atoms with Gasteiger partial charge in [0.25, 0.3) is 0 Å². The fourth-order valence-electron chi connectivity index (χ4n) is 1.65. The molecule has 0 saturated heterocycles. The Morgan fingerprint density at radius 3 is 2.88 bits per heavy atom. The van der Waals surface area contributed by atoms with E-state index in [9.17, 15) is 0 Å². The van der Waals surface area contributed by atoms with Crippen LogP contribution in [0.3, 0.4) is 0 Å². The van der Waals surface area contributed by atoms with Crippen LogP contribution < -0.4 is 10.1 Å². The molecule has 1 rings (SSSR count). The number of hydrogen-bond acceptors (Lipinski definition) is 2. The van der Waals surface area contributed by atoms with Gasteiger partial charge in [0.1, 0.15) is 5.75 Å². The maximum atomic E-state index is 5.96. The second-order valence-electron chi connectivity index (χ2n) is 3.84. The number of terminal acetylenes is 1. The number of hydrogen-bond donors (Lipinski definition) is 1. The third kappa shape index (κ3) is 4.30. The summed E-state index contributed by atoms with van der Waals surface area (Å²) in [5.41, 5.74) is 1.02. The van der Waals surface area contributed by atoms with E-state index in [1.165, 1.54) is 0 Å². The minimum absolute atomic E-state index is 0.101. The first-order chi connectivity index (χ1) is 8.21. The maximum Gasteiger partial charge on any atom is 0.123 e. The fourth-order valence-corrected chi connectivity index (χ4v) is 1.85. The van der Waals surface area contributed by atoms with Crippen LogP contribution >= 0.6 is 11.6 Å². The topological polar surface area (TPSA) is 21.3 Å². The second kappa shape index (κ2) is 7.21. The molecule has 1 unspecified atom stereocenters. The quantitative estimate of drug-likeness (QED) is 0.784. The Hall–Kier alpha value is -1.17. The first-order valence-corrected chi connectivity index (χ1v) is 6.11. The van der Waals surface area contributed by atoms with Crippen LogP contribution in [0, 0.1) is 12.3 Å². The van der Waals surface area contributed by atoms with E-state index in [2.05, 4.69) is 18.2 Å². The lowest BCUT2D eigenvalue weighted by Gasteiger charge is -2.14. The predicted octanol–water partition coefficient (Wildman–Crippen LogP) is 3.24. The summed E-state index contributed by atoms with van der Waals surface area (Å²) in [5, 5.41) is 4.02. The summed E-state index contributed by atoms with van der Waals surface area (Å²) in [4.78, 5) is 0. The lowest BCUT2D eigenvalue weighted by atomic mass is 10.1. The SMILES string of the molecule is C#CC(CCC)NCc1cc(Cl)ccc1OC. The Morgan fingerprint density at radius 1 is 1.53 bits per heavy atom. The molecule has 0 heterocycles. The fraction of sp³-hybridized carbons (Fsp3) is 0.429. The maximum absolute atomic E-state index is 5.96. The van der Waals surface area contributed by atoms with Crippen molar-refractivity contribution in [2.24, 2.45) is 0 Å². The van der Waals surface area contributed by atoms with E-state index in [1.54, 1.807) is 7.11 Å². The Kier molecular flexibility index (Phi) is 5.90. The first kappa shape index (κ1) is 13.9. The number of benzene rings is 1. The Labute approximate surface area is 108 Å². The number of rotatable bonds is 6. The summed E-state index contributed by atoms with van der Waals surface area (Å²) >= 11 is 5.96. The van der Waals surface area contributed by atoms with Crippen molar-refractivity contribution < 1.29 is 4.74 Å². The number of nitrogens with one attached hydrogen (secondary N) is 1. The van der Waals surface area contributed by atoms with Gasteiger partial charge in [-0.25, -0.2) is 0 Å². The molecule has 0 bridgehead atoms. The molecule has 1 aromatic carbocycles. The molecule has 0 amide bonds. The minimum atomic E-state index is 0.101. The predicted molar refractivity (Wildman–Crippen MR) is 72.4 cm³/mol. The van der Waals surface area contributed by atoms with Gasteiger partial charge < -0.3 is 4.74 Å². The summed E-state index contributed by atoms with van der Waals surface area (Å²) in [6, 6.07) is 5.68. The summed E-state index contributed by atoms with van der Waals surface area (Å²) in [6.07, 6.45) is 7.49. The average molecular weight is 252 g/mol. The van der Waals surface area contributed by atoms with Crippen molar-refractivity contribution in [1.29, 1.82) is 0 Å². The van der Waals surface area contributed by atoms with Crippen LogP contribution in [-0.4, -0.2) is 13.2 Å². The van der Waals surface area contributed by atoms with Gasteiger partial charge in [-0.15, -0.1) is 6.42 Å². The molecule has 0 saturated carbocycles. The molecule has 1 N–H and O–H groups in total. The molecular weight excluding hydrogens is 234 g/mol. The van der Waals surface area contributed by atoms with E-state index >= 15 is 0 Å². The molecule has 0 spiro atoms. The first-order valence-electron chi connectivity index (χ1n) is 5.73. The third-order valence-corrected chi connectivity index (χ3v) is 2.79. The largest absolute Gasteiger partial charge is 0.496 e. The smallest absolute Gasteiger partial charge is 0.123 e. The molecule has 0 aliphatic carbocycles. The summed E-state index contributed by atoms with van der Waals surface area (Å²) in [6.45, 7) is 2.78. The van der Waals surface area contributed by atoms with Gasteiger partial charge in [0, 0.05) is 17.1 Å². The number of ether oxygens (including phenoxy) is 1. The summed E-state index contributed by atoms with van der Waals surface area (Å²) in [5.74, 6) is 3.57. The van der Waals surface area contributed by atoms with Crippen LogP contribution in [-0.2, 0) is 6.54 Å². The van der Waals surface area contributed by atoms with E-state index in [1.807, 2.05) is 18.2 Å². The molecular formula is C14H18ClNO. The van der Waals surface area contributed by atoms with Crippen LogP contribution in [0.4, 0.5) is 0 Å². The zero-order valence-corrected chi connectivity index (χ0v) is 11.1. The normalized spacial score (nSPS) is 11.9. The van der Waals surface area contributed by atoms with Crippen molar-refractivity contribution in [2.45, 2.75) is 32.4 Å². The molecule has 0 aromatic heterocycles. The highest BCUT2D eigenvalue weighted by Gasteiger charge is 2.07. The van der Waals surface area contributed by atoms with E-state index in [4.69, 9.17) is 22.8 Å². The number of halogens is 1. The highest BCUT2D eigenvalue weighted by molar-refractivity contribution is 6.30. The zero-order chi connectivity index (χ0) is 12.7. The van der Waals surface area contributed by atoms with E-state index in [0.717, 1.165) is 24.2 Å². The van der Waals surface area contributed by atoms with Crippen molar-refractivity contribution in [3.63, 3.8) is 0 Å². The van der Waals surface area contributed by atoms with Gasteiger partial charge in [-0.05, 0) is 24.6 Å². The van der Waals surface area contributed by atoms with Crippen LogP contribution in [0.1, 0.15) is 25.3 Å². The molecule has 0 aliphatic heterocycles. The van der Waals surface area contributed by atoms with Gasteiger partial charge in [0.05, 0.1) is 13.2 Å². The van der Waals surface area contributed by atoms with Crippen molar-refractivity contribution in [3.8, 4) is 18.1 Å². The van der Waals surface area contributed by atoms with Gasteiger partial charge in [-0.3, -0.25) is 5.32 Å². The van der Waals surface area contributed by atoms with E-state index < -0.39 is 0 Å². The molecule has 0 aliphatic rings. The Morgan fingerprint density at radius 2 is 2.29 bits per heavy atom. The summed E-state index contributed by atoms with van der Waals surface area (Å²) in [7, 11) is 1.65. The highest BCUT2D eigenvalue weighted by Crippen LogP contribution is 2.22. The number of methoxy groups -OCH3 is 1. The monoisotopic (exact) mass is 251 g/mol. The second-order valence-corrected chi connectivity index (χ2v) is 4.28. The zero-order valence-electron chi connectivity index (χ0n) is 10.3. The van der Waals surface area contributed by atoms with Crippen molar-refractivity contribution >= 4 is 11.6 Å². The molecule has 3 heteroatoms. The van der Waals surface area contributed by atoms with E-state index in [-0.39, 0.29) is 6.04 Å². The molecule has 1 atom stereocenters. The van der Waals surface area contributed by atoms with Gasteiger partial charge in [0.15, 0.2) is 0 Å². The van der Waals surface area contributed by atoms with Crippen LogP contribution in [0.2, 0.25) is 5.02 Å². The third-order valence-electron chi connectivity index (χ3n) is 2.56.